The zero-order valence-corrected chi connectivity index (χ0v) is 9.77. The van der Waals surface area contributed by atoms with E-state index in [1.807, 2.05) is 31.3 Å². The van der Waals surface area contributed by atoms with E-state index < -0.39 is 0 Å². The Balaban J connectivity index is 2.45. The molecule has 5 heteroatoms. The first-order valence-electron chi connectivity index (χ1n) is 4.47. The second-order valence-corrected chi connectivity index (χ2v) is 4.08. The van der Waals surface area contributed by atoms with E-state index in [4.69, 9.17) is 5.11 Å². The molecule has 1 aromatic heterocycles. The highest BCUT2D eigenvalue weighted by atomic mass is 79.9. The lowest BCUT2D eigenvalue weighted by Crippen LogP contribution is -1.98. The molecule has 1 N–H and O–H groups in total. The fourth-order valence-electron chi connectivity index (χ4n) is 1.35. The predicted octanol–water partition coefficient (Wildman–Crippen LogP) is 1.74. The molecule has 4 nitrogen and oxygen atoms in total. The molecule has 0 atom stereocenters. The van der Waals surface area contributed by atoms with Crippen LogP contribution in [-0.2, 0) is 13.7 Å². The summed E-state index contributed by atoms with van der Waals surface area (Å²) >= 11 is 3.37. The van der Waals surface area contributed by atoms with Crippen LogP contribution in [0.4, 0.5) is 0 Å². The van der Waals surface area contributed by atoms with Crippen LogP contribution < -0.4 is 0 Å². The maximum atomic E-state index is 8.99. The number of halogens is 1. The molecular formula is C10H10BrN3O. The third-order valence-corrected chi connectivity index (χ3v) is 2.74. The fourth-order valence-corrected chi connectivity index (χ4v) is 1.61. The van der Waals surface area contributed by atoms with Crippen molar-refractivity contribution in [1.29, 1.82) is 0 Å². The molecule has 1 heterocycles. The summed E-state index contributed by atoms with van der Waals surface area (Å²) in [5.41, 5.74) is 0.980. The van der Waals surface area contributed by atoms with Gasteiger partial charge in [0.1, 0.15) is 6.61 Å². The van der Waals surface area contributed by atoms with Crippen LogP contribution >= 0.6 is 15.9 Å². The lowest BCUT2D eigenvalue weighted by molar-refractivity contribution is 0.267. The molecule has 0 fully saturated rings. The highest BCUT2D eigenvalue weighted by molar-refractivity contribution is 9.10. The van der Waals surface area contributed by atoms with Crippen LogP contribution in [0.15, 0.2) is 28.7 Å². The van der Waals surface area contributed by atoms with Crippen LogP contribution in [-0.4, -0.2) is 19.9 Å². The molecule has 0 aliphatic carbocycles. The lowest BCUT2D eigenvalue weighted by Gasteiger charge is -2.02. The standard InChI is InChI=1S/C10H10BrN3O/c1-14-9(6-15)12-13-10(14)7-2-4-8(11)5-3-7/h2-5,15H,6H2,1H3. The second-order valence-electron chi connectivity index (χ2n) is 3.16. The van der Waals surface area contributed by atoms with Crippen molar-refractivity contribution in [3.8, 4) is 11.4 Å². The zero-order chi connectivity index (χ0) is 10.8. The Hall–Kier alpha value is -1.20. The van der Waals surface area contributed by atoms with Crippen LogP contribution in [0.25, 0.3) is 11.4 Å². The second kappa shape index (κ2) is 4.12. The van der Waals surface area contributed by atoms with Crippen LogP contribution in [0.2, 0.25) is 0 Å². The molecule has 2 rings (SSSR count). The minimum Gasteiger partial charge on any atom is -0.388 e. The van der Waals surface area contributed by atoms with E-state index in [1.165, 1.54) is 0 Å². The molecule has 0 amide bonds. The quantitative estimate of drug-likeness (QED) is 0.902. The number of aliphatic hydroxyl groups excluding tert-OH is 1. The third kappa shape index (κ3) is 1.93. The number of aromatic nitrogens is 3. The first kappa shape index (κ1) is 10.3. The Morgan fingerprint density at radius 1 is 1.27 bits per heavy atom. The Bertz CT molecular complexity index is 464. The van der Waals surface area contributed by atoms with Gasteiger partial charge in [-0.3, -0.25) is 0 Å². The molecule has 0 radical (unpaired) electrons. The number of hydrogen-bond donors (Lipinski definition) is 1. The highest BCUT2D eigenvalue weighted by Gasteiger charge is 2.08. The minimum absolute atomic E-state index is 0.0972. The Morgan fingerprint density at radius 2 is 1.93 bits per heavy atom. The van der Waals surface area contributed by atoms with E-state index in [-0.39, 0.29) is 6.61 Å². The molecule has 0 aliphatic rings. The summed E-state index contributed by atoms with van der Waals surface area (Å²) in [5.74, 6) is 1.32. The highest BCUT2D eigenvalue weighted by Crippen LogP contribution is 2.19. The van der Waals surface area contributed by atoms with Gasteiger partial charge in [0.05, 0.1) is 0 Å². The summed E-state index contributed by atoms with van der Waals surface area (Å²) in [5, 5.41) is 16.9. The van der Waals surface area contributed by atoms with Gasteiger partial charge in [-0.05, 0) is 12.1 Å². The summed E-state index contributed by atoms with van der Waals surface area (Å²) in [6.07, 6.45) is 0. The number of nitrogens with zero attached hydrogens (tertiary/aromatic N) is 3. The molecule has 0 spiro atoms. The first-order valence-corrected chi connectivity index (χ1v) is 5.26. The van der Waals surface area contributed by atoms with Gasteiger partial charge in [-0.2, -0.15) is 0 Å². The third-order valence-electron chi connectivity index (χ3n) is 2.21. The van der Waals surface area contributed by atoms with Crippen molar-refractivity contribution in [1.82, 2.24) is 14.8 Å². The van der Waals surface area contributed by atoms with Gasteiger partial charge in [-0.15, -0.1) is 10.2 Å². The van der Waals surface area contributed by atoms with Crippen molar-refractivity contribution in [2.75, 3.05) is 0 Å². The lowest BCUT2D eigenvalue weighted by atomic mass is 10.2. The minimum atomic E-state index is -0.0972. The fraction of sp³-hybridized carbons (Fsp3) is 0.200. The van der Waals surface area contributed by atoms with E-state index in [2.05, 4.69) is 26.1 Å². The topological polar surface area (TPSA) is 50.9 Å². The average molecular weight is 268 g/mol. The summed E-state index contributed by atoms with van der Waals surface area (Å²) in [6.45, 7) is -0.0972. The summed E-state index contributed by atoms with van der Waals surface area (Å²) in [6, 6.07) is 7.80. The number of aliphatic hydroxyl groups is 1. The van der Waals surface area contributed by atoms with Gasteiger partial charge in [0.2, 0.25) is 0 Å². The van der Waals surface area contributed by atoms with E-state index >= 15 is 0 Å². The number of rotatable bonds is 2. The Labute approximate surface area is 95.7 Å². The normalized spacial score (nSPS) is 10.6. The number of benzene rings is 1. The SMILES string of the molecule is Cn1c(CO)nnc1-c1ccc(Br)cc1. The first-order chi connectivity index (χ1) is 7.22. The van der Waals surface area contributed by atoms with Gasteiger partial charge in [-0.1, -0.05) is 28.1 Å². The van der Waals surface area contributed by atoms with Crippen molar-refractivity contribution in [3.63, 3.8) is 0 Å². The Kier molecular flexibility index (Phi) is 2.83. The summed E-state index contributed by atoms with van der Waals surface area (Å²) in [7, 11) is 1.84. The maximum Gasteiger partial charge on any atom is 0.163 e. The molecular weight excluding hydrogens is 258 g/mol. The van der Waals surface area contributed by atoms with Gasteiger partial charge in [0.25, 0.3) is 0 Å². The largest absolute Gasteiger partial charge is 0.388 e. The molecule has 2 aromatic rings. The molecule has 1 aromatic carbocycles. The van der Waals surface area contributed by atoms with Crippen molar-refractivity contribution in [3.05, 3.63) is 34.6 Å². The van der Waals surface area contributed by atoms with Gasteiger partial charge in [0.15, 0.2) is 11.6 Å². The average Bonchev–Trinajstić information content (AvgIpc) is 2.61. The monoisotopic (exact) mass is 267 g/mol. The summed E-state index contributed by atoms with van der Waals surface area (Å²) < 4.78 is 2.80. The van der Waals surface area contributed by atoms with Gasteiger partial charge in [0, 0.05) is 17.1 Å². The van der Waals surface area contributed by atoms with Crippen molar-refractivity contribution < 1.29 is 5.11 Å². The van der Waals surface area contributed by atoms with Crippen LogP contribution in [0.1, 0.15) is 5.82 Å². The van der Waals surface area contributed by atoms with E-state index in [1.54, 1.807) is 4.57 Å². The van der Waals surface area contributed by atoms with Gasteiger partial charge < -0.3 is 9.67 Å². The van der Waals surface area contributed by atoms with Crippen LogP contribution in [0.5, 0.6) is 0 Å². The molecule has 15 heavy (non-hydrogen) atoms. The van der Waals surface area contributed by atoms with Crippen LogP contribution in [0.3, 0.4) is 0 Å². The summed E-state index contributed by atoms with van der Waals surface area (Å²) in [4.78, 5) is 0. The van der Waals surface area contributed by atoms with Gasteiger partial charge >= 0.3 is 0 Å². The molecule has 78 valence electrons. The van der Waals surface area contributed by atoms with Crippen molar-refractivity contribution in [2.45, 2.75) is 6.61 Å². The van der Waals surface area contributed by atoms with E-state index in [0.717, 1.165) is 15.9 Å². The van der Waals surface area contributed by atoms with Crippen molar-refractivity contribution in [2.24, 2.45) is 7.05 Å². The molecule has 0 aliphatic heterocycles. The molecule has 0 unspecified atom stereocenters. The van der Waals surface area contributed by atoms with Crippen molar-refractivity contribution >= 4 is 15.9 Å². The predicted molar refractivity (Wildman–Crippen MR) is 60.1 cm³/mol. The Morgan fingerprint density at radius 3 is 2.47 bits per heavy atom. The molecule has 0 saturated carbocycles. The number of hydrogen-bond acceptors (Lipinski definition) is 3. The molecule has 0 bridgehead atoms. The van der Waals surface area contributed by atoms with Gasteiger partial charge in [-0.25, -0.2) is 0 Å². The van der Waals surface area contributed by atoms with Crippen LogP contribution in [0, 0.1) is 0 Å². The zero-order valence-electron chi connectivity index (χ0n) is 8.18. The maximum absolute atomic E-state index is 8.99. The smallest absolute Gasteiger partial charge is 0.163 e. The molecule has 0 saturated heterocycles. The van der Waals surface area contributed by atoms with E-state index in [9.17, 15) is 0 Å². The van der Waals surface area contributed by atoms with E-state index in [0.29, 0.717) is 5.82 Å².